The molecule has 1 saturated heterocycles. The molecule has 0 spiro atoms. The number of fused-ring (bicyclic) bond motifs is 1. The number of carbonyl (C=O) groups excluding carboxylic acids is 1. The Balaban J connectivity index is 1.77. The summed E-state index contributed by atoms with van der Waals surface area (Å²) in [7, 11) is 1.91. The van der Waals surface area contributed by atoms with Crippen LogP contribution in [0.2, 0.25) is 0 Å². The summed E-state index contributed by atoms with van der Waals surface area (Å²) in [5.41, 5.74) is 0.903. The predicted octanol–water partition coefficient (Wildman–Crippen LogP) is 2.08. The molecule has 0 radical (unpaired) electrons. The maximum atomic E-state index is 12.4. The van der Waals surface area contributed by atoms with Gasteiger partial charge in [0.05, 0.1) is 12.1 Å². The van der Waals surface area contributed by atoms with Crippen molar-refractivity contribution in [1.82, 2.24) is 14.9 Å². The maximum absolute atomic E-state index is 12.4. The number of likely N-dealkylation sites (tertiary alicyclic amines) is 1. The quantitative estimate of drug-likeness (QED) is 0.866. The van der Waals surface area contributed by atoms with Crippen LogP contribution in [-0.2, 0) is 4.79 Å². The monoisotopic (exact) mass is 284 g/mol. The molecule has 5 heteroatoms. The number of hydrogen-bond acceptors (Lipinski definition) is 4. The third-order valence-corrected chi connectivity index (χ3v) is 3.96. The Bertz CT molecular complexity index is 632. The molecule has 0 bridgehead atoms. The first kappa shape index (κ1) is 13.8. The molecule has 1 fully saturated rings. The van der Waals surface area contributed by atoms with Crippen molar-refractivity contribution < 1.29 is 4.79 Å². The molecule has 0 N–H and O–H groups in total. The van der Waals surface area contributed by atoms with E-state index in [-0.39, 0.29) is 5.91 Å². The van der Waals surface area contributed by atoms with Crippen LogP contribution in [0.1, 0.15) is 19.3 Å². The Hall–Kier alpha value is -2.17. The molecule has 1 amide bonds. The third kappa shape index (κ3) is 2.96. The minimum Gasteiger partial charge on any atom is -0.350 e. The first-order valence-corrected chi connectivity index (χ1v) is 7.44. The smallest absolute Gasteiger partial charge is 0.242 e. The molecule has 110 valence electrons. The van der Waals surface area contributed by atoms with Gasteiger partial charge in [0.1, 0.15) is 12.1 Å². The Labute approximate surface area is 124 Å². The minimum atomic E-state index is 0.180. The van der Waals surface area contributed by atoms with Crippen LogP contribution in [0.25, 0.3) is 10.9 Å². The number of para-hydroxylation sites is 1. The van der Waals surface area contributed by atoms with Gasteiger partial charge in [-0.3, -0.25) is 4.79 Å². The molecule has 1 aromatic carbocycles. The average molecular weight is 284 g/mol. The zero-order valence-corrected chi connectivity index (χ0v) is 12.3. The van der Waals surface area contributed by atoms with Crippen LogP contribution in [0.15, 0.2) is 30.6 Å². The van der Waals surface area contributed by atoms with E-state index in [2.05, 4.69) is 9.97 Å². The fourth-order valence-electron chi connectivity index (χ4n) is 2.82. The maximum Gasteiger partial charge on any atom is 0.242 e. The van der Waals surface area contributed by atoms with Crippen LogP contribution in [0.4, 0.5) is 5.82 Å². The minimum absolute atomic E-state index is 0.180. The molecule has 1 aromatic heterocycles. The third-order valence-electron chi connectivity index (χ3n) is 3.96. The van der Waals surface area contributed by atoms with Crippen molar-refractivity contribution in [2.45, 2.75) is 19.3 Å². The van der Waals surface area contributed by atoms with Crippen LogP contribution in [-0.4, -0.2) is 47.5 Å². The van der Waals surface area contributed by atoms with Gasteiger partial charge in [-0.2, -0.15) is 0 Å². The Morgan fingerprint density at radius 2 is 1.95 bits per heavy atom. The van der Waals surface area contributed by atoms with Gasteiger partial charge in [0, 0.05) is 25.5 Å². The molecule has 0 unspecified atom stereocenters. The van der Waals surface area contributed by atoms with Crippen molar-refractivity contribution in [3.63, 3.8) is 0 Å². The molecule has 21 heavy (non-hydrogen) atoms. The van der Waals surface area contributed by atoms with Crippen LogP contribution in [0, 0.1) is 0 Å². The summed E-state index contributed by atoms with van der Waals surface area (Å²) in [4.78, 5) is 24.8. The van der Waals surface area contributed by atoms with E-state index >= 15 is 0 Å². The van der Waals surface area contributed by atoms with Crippen LogP contribution in [0.3, 0.4) is 0 Å². The highest BCUT2D eigenvalue weighted by Crippen LogP contribution is 2.21. The highest BCUT2D eigenvalue weighted by Gasteiger charge is 2.19. The van der Waals surface area contributed by atoms with E-state index in [1.807, 2.05) is 41.1 Å². The van der Waals surface area contributed by atoms with Gasteiger partial charge in [0.2, 0.25) is 5.91 Å². The van der Waals surface area contributed by atoms with Gasteiger partial charge in [0.25, 0.3) is 0 Å². The summed E-state index contributed by atoms with van der Waals surface area (Å²) >= 11 is 0. The number of rotatable bonds is 3. The lowest BCUT2D eigenvalue weighted by Gasteiger charge is -2.29. The molecule has 0 saturated carbocycles. The normalized spacial score (nSPS) is 15.2. The van der Waals surface area contributed by atoms with Crippen LogP contribution < -0.4 is 4.90 Å². The summed E-state index contributed by atoms with van der Waals surface area (Å²) < 4.78 is 0. The van der Waals surface area contributed by atoms with E-state index in [9.17, 15) is 4.79 Å². The molecule has 0 atom stereocenters. The van der Waals surface area contributed by atoms with E-state index in [0.717, 1.165) is 42.7 Å². The first-order chi connectivity index (χ1) is 10.3. The van der Waals surface area contributed by atoms with Gasteiger partial charge < -0.3 is 9.80 Å². The van der Waals surface area contributed by atoms with Crippen molar-refractivity contribution in [3.8, 4) is 0 Å². The number of aromatic nitrogens is 2. The number of carbonyl (C=O) groups is 1. The highest BCUT2D eigenvalue weighted by molar-refractivity contribution is 5.91. The van der Waals surface area contributed by atoms with E-state index in [1.54, 1.807) is 6.33 Å². The predicted molar refractivity (Wildman–Crippen MR) is 83.2 cm³/mol. The average Bonchev–Trinajstić information content (AvgIpc) is 2.55. The second kappa shape index (κ2) is 6.08. The zero-order valence-electron chi connectivity index (χ0n) is 12.3. The van der Waals surface area contributed by atoms with Gasteiger partial charge in [0.15, 0.2) is 0 Å². The van der Waals surface area contributed by atoms with E-state index in [4.69, 9.17) is 0 Å². The summed E-state index contributed by atoms with van der Waals surface area (Å²) in [6.07, 6.45) is 5.02. The molecular formula is C16H20N4O. The second-order valence-corrected chi connectivity index (χ2v) is 5.51. The molecule has 3 rings (SSSR count). The standard InChI is InChI=1S/C16H20N4O/c1-19(11-15(21)20-9-5-2-6-10-20)16-13-7-3-4-8-14(13)17-12-18-16/h3-4,7-8,12H,2,5-6,9-11H2,1H3. The van der Waals surface area contributed by atoms with E-state index < -0.39 is 0 Å². The summed E-state index contributed by atoms with van der Waals surface area (Å²) in [6.45, 7) is 2.13. The number of benzene rings is 1. The SMILES string of the molecule is CN(CC(=O)N1CCCCC1)c1ncnc2ccccc12. The van der Waals surface area contributed by atoms with Crippen molar-refractivity contribution in [2.75, 3.05) is 31.6 Å². The number of amides is 1. The highest BCUT2D eigenvalue weighted by atomic mass is 16.2. The van der Waals surface area contributed by atoms with Gasteiger partial charge in [-0.1, -0.05) is 12.1 Å². The van der Waals surface area contributed by atoms with Gasteiger partial charge in [-0.25, -0.2) is 9.97 Å². The zero-order chi connectivity index (χ0) is 14.7. The number of piperidine rings is 1. The second-order valence-electron chi connectivity index (χ2n) is 5.51. The Morgan fingerprint density at radius 3 is 2.76 bits per heavy atom. The summed E-state index contributed by atoms with van der Waals surface area (Å²) in [6, 6.07) is 7.88. The largest absolute Gasteiger partial charge is 0.350 e. The van der Waals surface area contributed by atoms with Crippen molar-refractivity contribution in [1.29, 1.82) is 0 Å². The molecule has 1 aliphatic heterocycles. The molecule has 1 aliphatic rings. The fourth-order valence-corrected chi connectivity index (χ4v) is 2.82. The first-order valence-electron chi connectivity index (χ1n) is 7.44. The lowest BCUT2D eigenvalue weighted by Crippen LogP contribution is -2.42. The number of nitrogens with zero attached hydrogens (tertiary/aromatic N) is 4. The lowest BCUT2D eigenvalue weighted by atomic mass is 10.1. The Morgan fingerprint density at radius 1 is 1.19 bits per heavy atom. The summed E-state index contributed by atoms with van der Waals surface area (Å²) in [5, 5.41) is 0.981. The molecular weight excluding hydrogens is 264 g/mol. The van der Waals surface area contributed by atoms with Crippen molar-refractivity contribution in [3.05, 3.63) is 30.6 Å². The number of hydrogen-bond donors (Lipinski definition) is 0. The number of anilines is 1. The van der Waals surface area contributed by atoms with Gasteiger partial charge in [-0.05, 0) is 31.4 Å². The van der Waals surface area contributed by atoms with Crippen LogP contribution >= 0.6 is 0 Å². The van der Waals surface area contributed by atoms with E-state index in [0.29, 0.717) is 6.54 Å². The van der Waals surface area contributed by atoms with Gasteiger partial charge in [-0.15, -0.1) is 0 Å². The van der Waals surface area contributed by atoms with Crippen LogP contribution in [0.5, 0.6) is 0 Å². The Kier molecular flexibility index (Phi) is 3.99. The summed E-state index contributed by atoms with van der Waals surface area (Å²) in [5.74, 6) is 0.992. The molecule has 2 aromatic rings. The topological polar surface area (TPSA) is 49.3 Å². The molecule has 0 aliphatic carbocycles. The number of likely N-dealkylation sites (N-methyl/N-ethyl adjacent to an activating group) is 1. The van der Waals surface area contributed by atoms with Gasteiger partial charge >= 0.3 is 0 Å². The van der Waals surface area contributed by atoms with Crippen molar-refractivity contribution >= 4 is 22.6 Å². The molecule has 5 nitrogen and oxygen atoms in total. The van der Waals surface area contributed by atoms with Crippen molar-refractivity contribution in [2.24, 2.45) is 0 Å². The fraction of sp³-hybridized carbons (Fsp3) is 0.438. The lowest BCUT2D eigenvalue weighted by molar-refractivity contribution is -0.130. The van der Waals surface area contributed by atoms with E-state index in [1.165, 1.54) is 6.42 Å². The molecule has 2 heterocycles.